The van der Waals surface area contributed by atoms with Crippen LogP contribution in [0.1, 0.15) is 43.4 Å². The number of benzene rings is 3. The molecule has 3 aromatic carbocycles. The Morgan fingerprint density at radius 2 is 1.44 bits per heavy atom. The first kappa shape index (κ1) is 25.4. The molecule has 0 spiro atoms. The van der Waals surface area contributed by atoms with Crippen LogP contribution >= 0.6 is 0 Å². The van der Waals surface area contributed by atoms with Crippen LogP contribution in [0.25, 0.3) is 11.1 Å². The number of aliphatic hydroxyl groups excluding tert-OH is 1. The number of carbonyl (C=O) groups excluding carboxylic acids is 2. The van der Waals surface area contributed by atoms with Crippen LogP contribution in [-0.4, -0.2) is 47.2 Å². The Morgan fingerprint density at radius 1 is 0.889 bits per heavy atom. The maximum absolute atomic E-state index is 12.8. The van der Waals surface area contributed by atoms with Gasteiger partial charge in [0.15, 0.2) is 6.04 Å². The molecule has 0 radical (unpaired) electrons. The number of nitrogens with zero attached hydrogens (tertiary/aromatic N) is 1. The third-order valence-corrected chi connectivity index (χ3v) is 5.90. The summed E-state index contributed by atoms with van der Waals surface area (Å²) >= 11 is 0. The SMILES string of the molecule is CC(C)(C)OC(=O)[C@@H](CO)N(Cc1ccccc1)OC(=O)OCC1c2ccccc2-c2ccccc21. The lowest BCUT2D eigenvalue weighted by Crippen LogP contribution is -2.47. The van der Waals surface area contributed by atoms with Crippen molar-refractivity contribution in [3.63, 3.8) is 0 Å². The Labute approximate surface area is 211 Å². The molecule has 3 aromatic rings. The van der Waals surface area contributed by atoms with Crippen molar-refractivity contribution in [1.82, 2.24) is 5.06 Å². The number of fused-ring (bicyclic) bond motifs is 3. The zero-order valence-corrected chi connectivity index (χ0v) is 20.7. The Hall–Kier alpha value is -3.68. The van der Waals surface area contributed by atoms with E-state index >= 15 is 0 Å². The van der Waals surface area contributed by atoms with Crippen LogP contribution in [0.15, 0.2) is 78.9 Å². The second-order valence-electron chi connectivity index (χ2n) is 9.67. The average Bonchev–Trinajstić information content (AvgIpc) is 3.16. The van der Waals surface area contributed by atoms with Gasteiger partial charge in [0.1, 0.15) is 12.2 Å². The Morgan fingerprint density at radius 3 is 2.00 bits per heavy atom. The first-order chi connectivity index (χ1) is 17.3. The van der Waals surface area contributed by atoms with Gasteiger partial charge < -0.3 is 19.4 Å². The van der Waals surface area contributed by atoms with Crippen molar-refractivity contribution < 1.29 is 29.0 Å². The van der Waals surface area contributed by atoms with Crippen LogP contribution in [0, 0.1) is 0 Å². The molecule has 7 nitrogen and oxygen atoms in total. The number of rotatable bonds is 8. The summed E-state index contributed by atoms with van der Waals surface area (Å²) in [7, 11) is 0. The predicted molar refractivity (Wildman–Crippen MR) is 135 cm³/mol. The molecule has 0 amide bonds. The van der Waals surface area contributed by atoms with Gasteiger partial charge in [-0.25, -0.2) is 4.79 Å². The quantitative estimate of drug-likeness (QED) is 0.349. The van der Waals surface area contributed by atoms with Crippen molar-refractivity contribution in [3.8, 4) is 11.1 Å². The first-order valence-electron chi connectivity index (χ1n) is 11.9. The van der Waals surface area contributed by atoms with Crippen LogP contribution in [0.3, 0.4) is 0 Å². The van der Waals surface area contributed by atoms with Crippen molar-refractivity contribution in [3.05, 3.63) is 95.6 Å². The third-order valence-electron chi connectivity index (χ3n) is 5.90. The van der Waals surface area contributed by atoms with E-state index in [4.69, 9.17) is 14.3 Å². The van der Waals surface area contributed by atoms with E-state index in [1.54, 1.807) is 20.8 Å². The number of ether oxygens (including phenoxy) is 2. The van der Waals surface area contributed by atoms with Gasteiger partial charge in [-0.15, -0.1) is 5.06 Å². The second-order valence-corrected chi connectivity index (χ2v) is 9.67. The third kappa shape index (κ3) is 5.93. The number of aliphatic hydroxyl groups is 1. The Bertz CT molecular complexity index is 1160. The van der Waals surface area contributed by atoms with Crippen molar-refractivity contribution in [1.29, 1.82) is 0 Å². The lowest BCUT2D eigenvalue weighted by molar-refractivity contribution is -0.198. The molecule has 4 rings (SSSR count). The fraction of sp³-hybridized carbons (Fsp3) is 0.310. The van der Waals surface area contributed by atoms with Crippen LogP contribution in [-0.2, 0) is 25.7 Å². The standard InChI is InChI=1S/C29H31NO6/c1-29(2,3)35-27(32)26(18-31)30(17-20-11-5-4-6-12-20)36-28(33)34-19-25-23-15-9-7-13-21(23)22-14-8-10-16-24(22)25/h4-16,25-26,31H,17-19H2,1-3H3/t26-/m1/s1. The lowest BCUT2D eigenvalue weighted by Gasteiger charge is -2.29. The summed E-state index contributed by atoms with van der Waals surface area (Å²) < 4.78 is 11.0. The molecule has 0 saturated carbocycles. The summed E-state index contributed by atoms with van der Waals surface area (Å²) in [5.74, 6) is -0.834. The van der Waals surface area contributed by atoms with Crippen LogP contribution in [0.2, 0.25) is 0 Å². The summed E-state index contributed by atoms with van der Waals surface area (Å²) in [6.45, 7) is 4.73. The molecule has 0 unspecified atom stereocenters. The van der Waals surface area contributed by atoms with E-state index in [0.29, 0.717) is 0 Å². The van der Waals surface area contributed by atoms with Crippen molar-refractivity contribution >= 4 is 12.1 Å². The fourth-order valence-corrected chi connectivity index (χ4v) is 4.34. The summed E-state index contributed by atoms with van der Waals surface area (Å²) in [4.78, 5) is 31.1. The molecule has 188 valence electrons. The second kappa shape index (κ2) is 10.9. The van der Waals surface area contributed by atoms with Crippen molar-refractivity contribution in [2.45, 2.75) is 44.9 Å². The minimum Gasteiger partial charge on any atom is -0.459 e. The van der Waals surface area contributed by atoms with Crippen LogP contribution in [0.5, 0.6) is 0 Å². The lowest BCUT2D eigenvalue weighted by atomic mass is 9.98. The molecular formula is C29H31NO6. The largest absolute Gasteiger partial charge is 0.527 e. The molecule has 0 aromatic heterocycles. The van der Waals surface area contributed by atoms with E-state index in [1.165, 1.54) is 0 Å². The predicted octanol–water partition coefficient (Wildman–Crippen LogP) is 5.07. The summed E-state index contributed by atoms with van der Waals surface area (Å²) in [5.41, 5.74) is 4.40. The summed E-state index contributed by atoms with van der Waals surface area (Å²) in [5, 5.41) is 11.1. The van der Waals surface area contributed by atoms with Gasteiger partial charge in [-0.3, -0.25) is 4.79 Å². The highest BCUT2D eigenvalue weighted by molar-refractivity contribution is 5.79. The number of hydroxylamine groups is 2. The van der Waals surface area contributed by atoms with Gasteiger partial charge >= 0.3 is 12.1 Å². The number of carbonyl (C=O) groups is 2. The Balaban J connectivity index is 1.49. The van der Waals surface area contributed by atoms with Gasteiger partial charge in [0.05, 0.1) is 13.2 Å². The number of hydrogen-bond acceptors (Lipinski definition) is 7. The van der Waals surface area contributed by atoms with Gasteiger partial charge in [0.2, 0.25) is 0 Å². The molecule has 0 heterocycles. The molecule has 0 bridgehead atoms. The van der Waals surface area contributed by atoms with E-state index < -0.39 is 30.4 Å². The van der Waals surface area contributed by atoms with Gasteiger partial charge in [0.25, 0.3) is 0 Å². The van der Waals surface area contributed by atoms with E-state index in [0.717, 1.165) is 32.9 Å². The molecular weight excluding hydrogens is 458 g/mol. The first-order valence-corrected chi connectivity index (χ1v) is 11.9. The molecule has 1 aliphatic carbocycles. The van der Waals surface area contributed by atoms with Gasteiger partial charge in [0, 0.05) is 5.92 Å². The normalized spacial score (nSPS) is 13.6. The molecule has 0 fully saturated rings. The zero-order valence-electron chi connectivity index (χ0n) is 20.7. The molecule has 1 atom stereocenters. The summed E-state index contributed by atoms with van der Waals surface area (Å²) in [6, 6.07) is 24.0. The summed E-state index contributed by atoms with van der Waals surface area (Å²) in [6.07, 6.45) is -0.963. The highest BCUT2D eigenvalue weighted by atomic mass is 16.8. The minimum atomic E-state index is -1.22. The zero-order chi connectivity index (χ0) is 25.7. The Kier molecular flexibility index (Phi) is 7.72. The fourth-order valence-electron chi connectivity index (χ4n) is 4.34. The van der Waals surface area contributed by atoms with Gasteiger partial charge in [-0.05, 0) is 48.6 Å². The number of hydrogen-bond donors (Lipinski definition) is 1. The molecule has 0 aliphatic heterocycles. The monoisotopic (exact) mass is 489 g/mol. The number of esters is 1. The molecule has 0 saturated heterocycles. The highest BCUT2D eigenvalue weighted by Gasteiger charge is 2.34. The van der Waals surface area contributed by atoms with Gasteiger partial charge in [-0.2, -0.15) is 0 Å². The van der Waals surface area contributed by atoms with E-state index in [2.05, 4.69) is 12.1 Å². The maximum Gasteiger partial charge on any atom is 0.527 e. The van der Waals surface area contributed by atoms with Crippen LogP contribution in [0.4, 0.5) is 4.79 Å². The van der Waals surface area contributed by atoms with Crippen molar-refractivity contribution in [2.75, 3.05) is 13.2 Å². The molecule has 36 heavy (non-hydrogen) atoms. The van der Waals surface area contributed by atoms with Gasteiger partial charge in [-0.1, -0.05) is 78.9 Å². The van der Waals surface area contributed by atoms with E-state index in [-0.39, 0.29) is 19.1 Å². The maximum atomic E-state index is 12.8. The van der Waals surface area contributed by atoms with Crippen molar-refractivity contribution in [2.24, 2.45) is 0 Å². The molecule has 1 N–H and O–H groups in total. The topological polar surface area (TPSA) is 85.3 Å². The van der Waals surface area contributed by atoms with Crippen LogP contribution < -0.4 is 0 Å². The molecule has 7 heteroatoms. The van der Waals surface area contributed by atoms with E-state index in [9.17, 15) is 14.7 Å². The average molecular weight is 490 g/mol. The minimum absolute atomic E-state index is 0.0650. The highest BCUT2D eigenvalue weighted by Crippen LogP contribution is 2.44. The molecule has 1 aliphatic rings. The smallest absolute Gasteiger partial charge is 0.459 e. The van der Waals surface area contributed by atoms with E-state index in [1.807, 2.05) is 66.7 Å².